The van der Waals surface area contributed by atoms with Crippen molar-refractivity contribution in [2.75, 3.05) is 0 Å². The highest BCUT2D eigenvalue weighted by atomic mass is 35.5. The van der Waals surface area contributed by atoms with E-state index in [1.807, 2.05) is 37.4 Å². The Kier molecular flexibility index (Phi) is 5.12. The molecule has 0 amide bonds. The van der Waals surface area contributed by atoms with Gasteiger partial charge in [-0.2, -0.15) is 0 Å². The van der Waals surface area contributed by atoms with E-state index in [0.717, 1.165) is 27.5 Å². The molecule has 0 atom stereocenters. The minimum absolute atomic E-state index is 0.319. The van der Waals surface area contributed by atoms with Gasteiger partial charge in [-0.25, -0.2) is 13.8 Å². The van der Waals surface area contributed by atoms with Crippen molar-refractivity contribution < 1.29 is 8.78 Å². The molecule has 3 heterocycles. The minimum atomic E-state index is -2.65. The number of benzene rings is 1. The molecule has 0 bridgehead atoms. The monoisotopic (exact) mass is 422 g/mol. The van der Waals surface area contributed by atoms with Crippen molar-refractivity contribution in [2.24, 2.45) is 0 Å². The molecule has 0 aliphatic rings. The number of hydrogen-bond acceptors (Lipinski definition) is 5. The van der Waals surface area contributed by atoms with Gasteiger partial charge in [-0.1, -0.05) is 53.3 Å². The smallest absolute Gasteiger partial charge is 0.291 e. The molecular weight excluding hydrogens is 410 g/mol. The van der Waals surface area contributed by atoms with E-state index >= 15 is 0 Å². The van der Waals surface area contributed by atoms with E-state index in [0.29, 0.717) is 21.5 Å². The molecular formula is C18H13ClF2N4S2. The predicted molar refractivity (Wildman–Crippen MR) is 105 cm³/mol. The molecule has 4 rings (SSSR count). The van der Waals surface area contributed by atoms with Crippen molar-refractivity contribution in [3.63, 3.8) is 0 Å². The summed E-state index contributed by atoms with van der Waals surface area (Å²) < 4.78 is 27.5. The number of aryl methyl sites for hydroxylation is 1. The molecule has 4 nitrogen and oxygen atoms in total. The quantitative estimate of drug-likeness (QED) is 0.367. The molecule has 0 unspecified atom stereocenters. The molecule has 0 spiro atoms. The summed E-state index contributed by atoms with van der Waals surface area (Å²) in [6.45, 7) is 1.83. The Morgan fingerprint density at radius 2 is 2.00 bits per heavy atom. The number of pyridine rings is 1. The van der Waals surface area contributed by atoms with Crippen LogP contribution in [0.25, 0.3) is 16.3 Å². The van der Waals surface area contributed by atoms with Crippen LogP contribution in [0, 0.1) is 6.92 Å². The number of fused-ring (bicyclic) bond motifs is 1. The van der Waals surface area contributed by atoms with Gasteiger partial charge in [0.1, 0.15) is 0 Å². The van der Waals surface area contributed by atoms with Gasteiger partial charge < -0.3 is 0 Å². The van der Waals surface area contributed by atoms with Crippen LogP contribution in [-0.2, 0) is 5.75 Å². The van der Waals surface area contributed by atoms with Crippen molar-refractivity contribution in [2.45, 2.75) is 24.0 Å². The lowest BCUT2D eigenvalue weighted by molar-refractivity contribution is 0.150. The minimum Gasteiger partial charge on any atom is -0.295 e. The van der Waals surface area contributed by atoms with Gasteiger partial charge in [0, 0.05) is 16.8 Å². The number of alkyl halides is 2. The molecule has 0 saturated heterocycles. The Balaban J connectivity index is 1.73. The second kappa shape index (κ2) is 7.53. The number of nitrogens with zero attached hydrogens (tertiary/aromatic N) is 4. The van der Waals surface area contributed by atoms with Crippen molar-refractivity contribution in [1.29, 1.82) is 0 Å². The first-order valence-electron chi connectivity index (χ1n) is 8.00. The summed E-state index contributed by atoms with van der Waals surface area (Å²) in [5.41, 5.74) is 2.65. The Labute approximate surface area is 167 Å². The van der Waals surface area contributed by atoms with Crippen molar-refractivity contribution in [1.82, 2.24) is 19.6 Å². The summed E-state index contributed by atoms with van der Waals surface area (Å²) in [6, 6.07) is 12.0. The average Bonchev–Trinajstić information content (AvgIpc) is 3.26. The van der Waals surface area contributed by atoms with Crippen molar-refractivity contribution >= 4 is 40.2 Å². The van der Waals surface area contributed by atoms with Crippen LogP contribution >= 0.6 is 34.7 Å². The topological polar surface area (TPSA) is 43.1 Å². The maximum atomic E-state index is 12.9. The average molecular weight is 423 g/mol. The number of imidazole rings is 1. The Bertz CT molecular complexity index is 1100. The number of aromatic nitrogens is 4. The third kappa shape index (κ3) is 3.69. The van der Waals surface area contributed by atoms with Crippen LogP contribution in [0.15, 0.2) is 47.5 Å². The Morgan fingerprint density at radius 1 is 1.22 bits per heavy atom. The standard InChI is InChI=1S/C18H13ClF2N4S2/c1-10-14-13(19)7-12(26-9-11-5-3-2-4-6-11)8-25(14)16(22-10)18-24-23-17(27-18)15(20)21/h2-8,15H,9H2,1H3. The van der Waals surface area contributed by atoms with Crippen molar-refractivity contribution in [3.05, 3.63) is 63.9 Å². The number of hydrogen-bond donors (Lipinski definition) is 0. The Morgan fingerprint density at radius 3 is 2.70 bits per heavy atom. The SMILES string of the molecule is Cc1nc(-c2nnc(C(F)F)s2)n2cc(SCc3ccccc3)cc(Cl)c12. The lowest BCUT2D eigenvalue weighted by Gasteiger charge is -2.06. The zero-order valence-corrected chi connectivity index (χ0v) is 16.5. The molecule has 9 heteroatoms. The number of rotatable bonds is 5. The molecule has 1 aromatic carbocycles. The normalized spacial score (nSPS) is 11.6. The van der Waals surface area contributed by atoms with Crippen LogP contribution in [-0.4, -0.2) is 19.6 Å². The predicted octanol–water partition coefficient (Wildman–Crippen LogP) is 6.04. The fraction of sp³-hybridized carbons (Fsp3) is 0.167. The molecule has 0 fully saturated rings. The van der Waals surface area contributed by atoms with Gasteiger partial charge in [0.2, 0.25) is 0 Å². The fourth-order valence-corrected chi connectivity index (χ4v) is 4.70. The first kappa shape index (κ1) is 18.3. The highest BCUT2D eigenvalue weighted by Gasteiger charge is 2.20. The zero-order chi connectivity index (χ0) is 19.0. The van der Waals surface area contributed by atoms with Gasteiger partial charge in [-0.05, 0) is 18.6 Å². The summed E-state index contributed by atoms with van der Waals surface area (Å²) in [4.78, 5) is 5.44. The largest absolute Gasteiger partial charge is 0.295 e. The second-order valence-corrected chi connectivity index (χ2v) is 8.25. The van der Waals surface area contributed by atoms with Gasteiger partial charge in [0.25, 0.3) is 6.43 Å². The maximum Gasteiger partial charge on any atom is 0.291 e. The highest BCUT2D eigenvalue weighted by molar-refractivity contribution is 7.98. The molecule has 0 radical (unpaired) electrons. The van der Waals surface area contributed by atoms with Crippen LogP contribution in [0.2, 0.25) is 5.02 Å². The highest BCUT2D eigenvalue weighted by Crippen LogP contribution is 2.34. The first-order chi connectivity index (χ1) is 13.0. The second-order valence-electron chi connectivity index (χ2n) is 5.78. The van der Waals surface area contributed by atoms with Crippen LogP contribution < -0.4 is 0 Å². The molecule has 4 aromatic rings. The van der Waals surface area contributed by atoms with Crippen LogP contribution in [0.3, 0.4) is 0 Å². The molecule has 27 heavy (non-hydrogen) atoms. The van der Waals surface area contributed by atoms with Crippen LogP contribution in [0.4, 0.5) is 8.78 Å². The molecule has 0 aliphatic heterocycles. The van der Waals surface area contributed by atoms with Gasteiger partial charge in [0.05, 0.1) is 16.2 Å². The fourth-order valence-electron chi connectivity index (χ4n) is 2.70. The summed E-state index contributed by atoms with van der Waals surface area (Å²) in [5.74, 6) is 1.26. The van der Waals surface area contributed by atoms with Gasteiger partial charge in [-0.3, -0.25) is 4.40 Å². The van der Waals surface area contributed by atoms with Crippen LogP contribution in [0.5, 0.6) is 0 Å². The van der Waals surface area contributed by atoms with E-state index in [1.54, 1.807) is 16.2 Å². The summed E-state index contributed by atoms with van der Waals surface area (Å²) in [6.07, 6.45) is -0.739. The molecule has 0 saturated carbocycles. The third-order valence-electron chi connectivity index (χ3n) is 3.90. The van der Waals surface area contributed by atoms with E-state index < -0.39 is 6.43 Å². The van der Waals surface area contributed by atoms with E-state index in [4.69, 9.17) is 11.6 Å². The molecule has 0 aliphatic carbocycles. The Hall–Kier alpha value is -2.03. The van der Waals surface area contributed by atoms with E-state index in [1.165, 1.54) is 5.56 Å². The summed E-state index contributed by atoms with van der Waals surface area (Å²) in [7, 11) is 0. The van der Waals surface area contributed by atoms with Crippen LogP contribution in [0.1, 0.15) is 22.7 Å². The zero-order valence-electron chi connectivity index (χ0n) is 14.1. The van der Waals surface area contributed by atoms with E-state index in [9.17, 15) is 8.78 Å². The molecule has 0 N–H and O–H groups in total. The molecule has 138 valence electrons. The number of thioether (sulfide) groups is 1. The number of halogens is 3. The summed E-state index contributed by atoms with van der Waals surface area (Å²) in [5, 5.41) is 8.02. The van der Waals surface area contributed by atoms with Gasteiger partial charge in [-0.15, -0.1) is 22.0 Å². The summed E-state index contributed by atoms with van der Waals surface area (Å²) >= 11 is 8.96. The third-order valence-corrected chi connectivity index (χ3v) is 6.15. The maximum absolute atomic E-state index is 12.9. The van der Waals surface area contributed by atoms with Gasteiger partial charge >= 0.3 is 0 Å². The lowest BCUT2D eigenvalue weighted by Crippen LogP contribution is -1.91. The first-order valence-corrected chi connectivity index (χ1v) is 10.2. The molecule has 3 aromatic heterocycles. The lowest BCUT2D eigenvalue weighted by atomic mass is 10.2. The van der Waals surface area contributed by atoms with E-state index in [2.05, 4.69) is 27.3 Å². The van der Waals surface area contributed by atoms with Gasteiger partial charge in [0.15, 0.2) is 15.8 Å². The van der Waals surface area contributed by atoms with Crippen molar-refractivity contribution in [3.8, 4) is 10.8 Å². The van der Waals surface area contributed by atoms with E-state index in [-0.39, 0.29) is 5.01 Å².